The first-order valence-electron chi connectivity index (χ1n) is 11.2. The molecule has 0 saturated carbocycles. The lowest BCUT2D eigenvalue weighted by molar-refractivity contribution is -0.160. The zero-order valence-electron chi connectivity index (χ0n) is 18.3. The Kier molecular flexibility index (Phi) is 6.22. The highest BCUT2D eigenvalue weighted by molar-refractivity contribution is 6.33. The molecule has 32 heavy (non-hydrogen) atoms. The molecule has 2 amide bonds. The number of aliphatic hydroxyl groups is 1. The fourth-order valence-electron chi connectivity index (χ4n) is 5.85. The third-order valence-corrected chi connectivity index (χ3v) is 7.49. The first-order chi connectivity index (χ1) is 15.3. The monoisotopic (exact) mass is 464 g/mol. The van der Waals surface area contributed by atoms with E-state index in [0.29, 0.717) is 36.4 Å². The highest BCUT2D eigenvalue weighted by Gasteiger charge is 2.78. The standard InChI is InChI=1S/C23H29ClN2O6/c1-3-22-10-11-23(32-22)16(17(22)21(30)31-4-2)20(29)26(12-7-13-27)18(23)19(28)25-15-9-6-5-8-14(15)24/h5-6,8-9,16-18,27H,3-4,7,10-13H2,1-2H3,(H,25,28)/t16-,17-,18?,22+,23?/m0/s1. The van der Waals surface area contributed by atoms with Crippen LogP contribution in [-0.4, -0.2) is 64.8 Å². The molecule has 3 heterocycles. The number of amides is 2. The van der Waals surface area contributed by atoms with E-state index in [-0.39, 0.29) is 25.7 Å². The summed E-state index contributed by atoms with van der Waals surface area (Å²) in [5.41, 5.74) is -1.50. The zero-order chi connectivity index (χ0) is 23.1. The van der Waals surface area contributed by atoms with Crippen molar-refractivity contribution < 1.29 is 29.0 Å². The molecular weight excluding hydrogens is 436 g/mol. The third-order valence-electron chi connectivity index (χ3n) is 7.16. The van der Waals surface area contributed by atoms with Crippen LogP contribution in [0.25, 0.3) is 0 Å². The summed E-state index contributed by atoms with van der Waals surface area (Å²) >= 11 is 6.24. The minimum absolute atomic E-state index is 0.124. The molecule has 9 heteroatoms. The van der Waals surface area contributed by atoms with Gasteiger partial charge in [-0.1, -0.05) is 30.7 Å². The molecule has 2 unspecified atom stereocenters. The van der Waals surface area contributed by atoms with Crippen LogP contribution in [0.2, 0.25) is 5.02 Å². The fraction of sp³-hybridized carbons (Fsp3) is 0.609. The number of hydrogen-bond donors (Lipinski definition) is 2. The Balaban J connectivity index is 1.75. The number of ether oxygens (including phenoxy) is 2. The number of anilines is 1. The maximum Gasteiger partial charge on any atom is 0.312 e. The number of carbonyl (C=O) groups is 3. The third kappa shape index (κ3) is 3.31. The molecule has 0 aromatic heterocycles. The average Bonchev–Trinajstić information content (AvgIpc) is 3.37. The van der Waals surface area contributed by atoms with Crippen molar-refractivity contribution in [3.05, 3.63) is 29.3 Å². The van der Waals surface area contributed by atoms with Crippen LogP contribution in [0.1, 0.15) is 39.5 Å². The summed E-state index contributed by atoms with van der Waals surface area (Å²) in [7, 11) is 0. The largest absolute Gasteiger partial charge is 0.466 e. The summed E-state index contributed by atoms with van der Waals surface area (Å²) in [6.07, 6.45) is 1.91. The number of aliphatic hydroxyl groups excluding tert-OH is 1. The molecule has 2 bridgehead atoms. The van der Waals surface area contributed by atoms with Gasteiger partial charge in [0.05, 0.1) is 28.8 Å². The van der Waals surface area contributed by atoms with Gasteiger partial charge in [0.2, 0.25) is 11.8 Å². The van der Waals surface area contributed by atoms with E-state index in [4.69, 9.17) is 21.1 Å². The van der Waals surface area contributed by atoms with Crippen molar-refractivity contribution in [3.63, 3.8) is 0 Å². The van der Waals surface area contributed by atoms with Crippen molar-refractivity contribution in [3.8, 4) is 0 Å². The Morgan fingerprint density at radius 2 is 2.06 bits per heavy atom. The minimum Gasteiger partial charge on any atom is -0.466 e. The van der Waals surface area contributed by atoms with E-state index in [9.17, 15) is 19.5 Å². The molecule has 4 rings (SSSR count). The number of nitrogens with one attached hydrogen (secondary N) is 1. The van der Waals surface area contributed by atoms with Crippen molar-refractivity contribution in [2.45, 2.75) is 56.8 Å². The van der Waals surface area contributed by atoms with Crippen LogP contribution in [0, 0.1) is 11.8 Å². The molecule has 1 aromatic rings. The summed E-state index contributed by atoms with van der Waals surface area (Å²) in [4.78, 5) is 41.7. The molecule has 3 aliphatic heterocycles. The number of benzene rings is 1. The first kappa shape index (κ1) is 23.0. The van der Waals surface area contributed by atoms with E-state index in [1.807, 2.05) is 6.92 Å². The number of para-hydroxylation sites is 1. The molecule has 1 spiro atoms. The number of halogens is 1. The summed E-state index contributed by atoms with van der Waals surface area (Å²) in [6.45, 7) is 3.92. The van der Waals surface area contributed by atoms with Crippen LogP contribution in [0.3, 0.4) is 0 Å². The van der Waals surface area contributed by atoms with Gasteiger partial charge < -0.3 is 24.8 Å². The van der Waals surface area contributed by atoms with E-state index < -0.39 is 41.0 Å². The maximum atomic E-state index is 13.6. The highest BCUT2D eigenvalue weighted by atomic mass is 35.5. The molecule has 2 N–H and O–H groups in total. The normalized spacial score (nSPS) is 32.8. The molecule has 1 aromatic carbocycles. The molecular formula is C23H29ClN2O6. The van der Waals surface area contributed by atoms with Crippen LogP contribution in [-0.2, 0) is 23.9 Å². The molecule has 0 radical (unpaired) electrons. The Morgan fingerprint density at radius 1 is 1.31 bits per heavy atom. The smallest absolute Gasteiger partial charge is 0.312 e. The van der Waals surface area contributed by atoms with Crippen LogP contribution >= 0.6 is 11.6 Å². The molecule has 0 aliphatic carbocycles. The topological polar surface area (TPSA) is 105 Å². The number of rotatable bonds is 8. The quantitative estimate of drug-likeness (QED) is 0.572. The summed E-state index contributed by atoms with van der Waals surface area (Å²) in [6, 6.07) is 5.94. The van der Waals surface area contributed by atoms with E-state index in [2.05, 4.69) is 5.32 Å². The van der Waals surface area contributed by atoms with Crippen LogP contribution < -0.4 is 5.32 Å². The minimum atomic E-state index is -1.12. The SMILES string of the molecule is CCOC(=O)[C@@H]1[C@H]2C(=O)N(CCCO)C(C(=O)Nc3ccccc3Cl)C23CC[C@@]1(CC)O3. The summed E-state index contributed by atoms with van der Waals surface area (Å²) < 4.78 is 11.9. The van der Waals surface area contributed by atoms with E-state index >= 15 is 0 Å². The van der Waals surface area contributed by atoms with Crippen LogP contribution in [0.5, 0.6) is 0 Å². The van der Waals surface area contributed by atoms with Gasteiger partial charge in [-0.15, -0.1) is 0 Å². The van der Waals surface area contributed by atoms with Gasteiger partial charge in [0, 0.05) is 13.2 Å². The number of likely N-dealkylation sites (tertiary alicyclic amines) is 1. The molecule has 174 valence electrons. The second kappa shape index (κ2) is 8.65. The van der Waals surface area contributed by atoms with Gasteiger partial charge >= 0.3 is 5.97 Å². The molecule has 5 atom stereocenters. The van der Waals surface area contributed by atoms with Gasteiger partial charge in [-0.05, 0) is 44.7 Å². The molecule has 3 fully saturated rings. The predicted molar refractivity (Wildman–Crippen MR) is 117 cm³/mol. The van der Waals surface area contributed by atoms with Crippen molar-refractivity contribution >= 4 is 35.1 Å². The highest BCUT2D eigenvalue weighted by Crippen LogP contribution is 2.64. The zero-order valence-corrected chi connectivity index (χ0v) is 19.1. The first-order valence-corrected chi connectivity index (χ1v) is 11.6. The van der Waals surface area contributed by atoms with Gasteiger partial charge in [0.15, 0.2) is 0 Å². The lowest BCUT2D eigenvalue weighted by Crippen LogP contribution is -2.53. The predicted octanol–water partition coefficient (Wildman–Crippen LogP) is 2.38. The Morgan fingerprint density at radius 3 is 2.72 bits per heavy atom. The molecule has 8 nitrogen and oxygen atoms in total. The van der Waals surface area contributed by atoms with Crippen molar-refractivity contribution in [2.24, 2.45) is 11.8 Å². The van der Waals surface area contributed by atoms with E-state index in [1.54, 1.807) is 31.2 Å². The number of hydrogen-bond acceptors (Lipinski definition) is 6. The second-order valence-corrected chi connectivity index (χ2v) is 9.07. The van der Waals surface area contributed by atoms with Gasteiger partial charge in [-0.3, -0.25) is 14.4 Å². The number of esters is 1. The number of carbonyl (C=O) groups excluding carboxylic acids is 3. The summed E-state index contributed by atoms with van der Waals surface area (Å²) in [5, 5.41) is 12.6. The lowest BCUT2D eigenvalue weighted by atomic mass is 9.65. The summed E-state index contributed by atoms with van der Waals surface area (Å²) in [5.74, 6) is -2.72. The average molecular weight is 465 g/mol. The van der Waals surface area contributed by atoms with Gasteiger partial charge in [-0.2, -0.15) is 0 Å². The van der Waals surface area contributed by atoms with Crippen molar-refractivity contribution in [1.82, 2.24) is 4.90 Å². The van der Waals surface area contributed by atoms with Gasteiger partial charge in [0.1, 0.15) is 17.6 Å². The molecule has 3 aliphatic rings. The number of nitrogens with zero attached hydrogens (tertiary/aromatic N) is 1. The van der Waals surface area contributed by atoms with Crippen LogP contribution in [0.15, 0.2) is 24.3 Å². The van der Waals surface area contributed by atoms with E-state index in [0.717, 1.165) is 0 Å². The fourth-order valence-corrected chi connectivity index (χ4v) is 6.04. The number of fused-ring (bicyclic) bond motifs is 1. The van der Waals surface area contributed by atoms with Crippen molar-refractivity contribution in [2.75, 3.05) is 25.1 Å². The van der Waals surface area contributed by atoms with Gasteiger partial charge in [-0.25, -0.2) is 0 Å². The lowest BCUT2D eigenvalue weighted by Gasteiger charge is -2.33. The van der Waals surface area contributed by atoms with Gasteiger partial charge in [0.25, 0.3) is 0 Å². The Hall–Kier alpha value is -2.16. The second-order valence-electron chi connectivity index (χ2n) is 8.66. The Bertz CT molecular complexity index is 926. The Labute approximate surface area is 192 Å². The van der Waals surface area contributed by atoms with Crippen molar-refractivity contribution in [1.29, 1.82) is 0 Å². The van der Waals surface area contributed by atoms with E-state index in [1.165, 1.54) is 4.90 Å². The maximum absolute atomic E-state index is 13.6. The molecule has 3 saturated heterocycles. The van der Waals surface area contributed by atoms with Crippen LogP contribution in [0.4, 0.5) is 5.69 Å².